The Morgan fingerprint density at radius 1 is 1.33 bits per heavy atom. The van der Waals surface area contributed by atoms with Crippen molar-refractivity contribution in [3.8, 4) is 17.6 Å². The van der Waals surface area contributed by atoms with Crippen molar-refractivity contribution in [3.05, 3.63) is 47.0 Å². The Kier molecular flexibility index (Phi) is 9.78. The highest BCUT2D eigenvalue weighted by Gasteiger charge is 2.57. The number of hydrogen-bond donors (Lipinski definition) is 3. The second-order valence-electron chi connectivity index (χ2n) is 8.52. The van der Waals surface area contributed by atoms with E-state index in [1.165, 1.54) is 19.1 Å². The van der Waals surface area contributed by atoms with Crippen LogP contribution in [0.25, 0.3) is 0 Å². The number of carbonyl (C=O) groups is 1. The highest BCUT2D eigenvalue weighted by molar-refractivity contribution is 7.49. The Morgan fingerprint density at radius 3 is 2.64 bits per heavy atom. The van der Waals surface area contributed by atoms with Crippen LogP contribution in [0.1, 0.15) is 27.0 Å². The molecule has 1 unspecified atom stereocenters. The van der Waals surface area contributed by atoms with Crippen molar-refractivity contribution in [2.24, 2.45) is 0 Å². The number of aliphatic hydroxyl groups is 2. The van der Waals surface area contributed by atoms with Gasteiger partial charge in [-0.3, -0.25) is 9.05 Å². The summed E-state index contributed by atoms with van der Waals surface area (Å²) in [6.07, 6.45) is -6.18. The van der Waals surface area contributed by atoms with Gasteiger partial charge in [0.25, 0.3) is 0 Å². The Hall–Kier alpha value is -3.38. The van der Waals surface area contributed by atoms with Crippen LogP contribution in [0.3, 0.4) is 0 Å². The van der Waals surface area contributed by atoms with Crippen LogP contribution in [0.2, 0.25) is 0 Å². The Morgan fingerprint density at radius 2 is 2.03 bits per heavy atom. The molecule has 16 heteroatoms. The van der Waals surface area contributed by atoms with E-state index in [0.717, 1.165) is 6.20 Å². The number of aromatic nitrogens is 3. The maximum Gasteiger partial charge on any atom is 0.530 e. The van der Waals surface area contributed by atoms with Crippen molar-refractivity contribution < 1.29 is 47.0 Å². The van der Waals surface area contributed by atoms with Crippen LogP contribution < -0.4 is 15.9 Å². The van der Waals surface area contributed by atoms with Gasteiger partial charge in [-0.2, -0.15) is 14.8 Å². The molecule has 0 aliphatic carbocycles. The van der Waals surface area contributed by atoms with Gasteiger partial charge in [-0.05, 0) is 32.9 Å². The molecule has 2 aromatic rings. The number of alkyl halides is 1. The topological polar surface area (TPSA) is 195 Å². The number of benzene rings is 1. The third-order valence-corrected chi connectivity index (χ3v) is 6.60. The van der Waals surface area contributed by atoms with Crippen molar-refractivity contribution in [1.29, 1.82) is 0 Å². The fourth-order valence-corrected chi connectivity index (χ4v) is 4.74. The number of phosphoric acid groups is 1. The summed E-state index contributed by atoms with van der Waals surface area (Å²) in [6, 6.07) is 7.74. The molecule has 1 aromatic carbocycles. The minimum atomic E-state index is -4.63. The third kappa shape index (κ3) is 7.39. The molecule has 0 bridgehead atoms. The van der Waals surface area contributed by atoms with Gasteiger partial charge < -0.3 is 29.9 Å². The number of nitrogens with zero attached hydrogens (tertiary/aromatic N) is 3. The number of halogens is 1. The molecule has 0 saturated carbocycles. The number of ether oxygens (including phenoxy) is 2. The minimum Gasteiger partial charge on any atom is -0.461 e. The predicted molar refractivity (Wildman–Crippen MR) is 132 cm³/mol. The van der Waals surface area contributed by atoms with E-state index in [4.69, 9.17) is 28.8 Å². The van der Waals surface area contributed by atoms with Gasteiger partial charge in [0.15, 0.2) is 12.3 Å². The Balaban J connectivity index is 1.88. The smallest absolute Gasteiger partial charge is 0.461 e. The molecule has 0 spiro atoms. The van der Waals surface area contributed by atoms with E-state index >= 15 is 0 Å². The zero-order valence-corrected chi connectivity index (χ0v) is 22.1. The Labute approximate surface area is 222 Å². The molecule has 1 saturated heterocycles. The predicted octanol–water partition coefficient (Wildman–Crippen LogP) is 0.743. The molecule has 3 rings (SSSR count). The van der Waals surface area contributed by atoms with E-state index in [0.29, 0.717) is 4.68 Å². The summed E-state index contributed by atoms with van der Waals surface area (Å²) in [7, 11) is -4.63. The number of para-hydroxylation sites is 1. The first-order chi connectivity index (χ1) is 18.4. The van der Waals surface area contributed by atoms with Gasteiger partial charge in [-0.25, -0.2) is 18.5 Å². The van der Waals surface area contributed by atoms with Gasteiger partial charge in [-0.1, -0.05) is 30.0 Å². The number of rotatable bonds is 10. The zero-order valence-electron chi connectivity index (χ0n) is 21.2. The second kappa shape index (κ2) is 12.6. The minimum absolute atomic E-state index is 0.0602. The molecule has 0 amide bonds. The number of aliphatic hydroxyl groups excluding tert-OH is 1. The fourth-order valence-electron chi connectivity index (χ4n) is 3.40. The average Bonchev–Trinajstić information content (AvgIpc) is 3.11. The van der Waals surface area contributed by atoms with Crippen LogP contribution >= 0.6 is 7.82 Å². The van der Waals surface area contributed by atoms with Crippen molar-refractivity contribution in [1.82, 2.24) is 14.8 Å². The number of phosphoric ester groups is 1. The monoisotopic (exact) mass is 570 g/mol. The first-order valence-corrected chi connectivity index (χ1v) is 13.1. The van der Waals surface area contributed by atoms with E-state index in [-0.39, 0.29) is 11.6 Å². The van der Waals surface area contributed by atoms with Gasteiger partial charge in [0, 0.05) is 0 Å². The summed E-state index contributed by atoms with van der Waals surface area (Å²) in [5, 5.41) is 25.7. The molecule has 0 radical (unpaired) electrons. The number of nitrogen functional groups attached to an aromatic ring is 1. The fraction of sp³-hybridized carbons (Fsp3) is 0.478. The molecule has 6 atom stereocenters. The van der Waals surface area contributed by atoms with Gasteiger partial charge in [0.2, 0.25) is 5.60 Å². The summed E-state index contributed by atoms with van der Waals surface area (Å²) < 4.78 is 53.7. The standard InChI is InChI=1S/C23H28FN4O10P/c1-14(2)35-20(30)15(3)37-39(33,38-16-8-5-4-6-9-16)34-13-17-19(29)23(32,10-7-11-24)21(36-17)28-22(31)27-18(25)12-26-28/h4-6,8-9,12,14-15,17,19,21,29,32H,11,13H2,1-3H3,(H2,25,27,31)/t15-,17+,19-,21+,23?,39-/m0/s1. The molecule has 2 heterocycles. The van der Waals surface area contributed by atoms with E-state index in [2.05, 4.69) is 16.0 Å². The average molecular weight is 570 g/mol. The number of nitrogens with two attached hydrogens (primary N) is 1. The lowest BCUT2D eigenvalue weighted by molar-refractivity contribution is -0.156. The summed E-state index contributed by atoms with van der Waals surface area (Å²) in [5.74, 6) is 3.09. The lowest BCUT2D eigenvalue weighted by Gasteiger charge is -2.26. The number of anilines is 1. The summed E-state index contributed by atoms with van der Waals surface area (Å²) in [6.45, 7) is 2.53. The molecule has 1 aromatic heterocycles. The quantitative estimate of drug-likeness (QED) is 0.206. The maximum atomic E-state index is 13.6. The summed E-state index contributed by atoms with van der Waals surface area (Å²) in [5.41, 5.74) is 1.81. The number of carbonyl (C=O) groups excluding carboxylic acids is 1. The van der Waals surface area contributed by atoms with Gasteiger partial charge in [0.05, 0.1) is 18.9 Å². The van der Waals surface area contributed by atoms with E-state index in [1.807, 2.05) is 5.92 Å². The SMILES string of the molecule is CC(C)OC(=O)[C@H](C)O[P@](=O)(OC[C@H]1O[C@@H](n2ncc(N)nc2=O)C(O)(C#CCF)[C@H]1O)Oc1ccccc1. The van der Waals surface area contributed by atoms with E-state index in [9.17, 15) is 28.8 Å². The van der Waals surface area contributed by atoms with Crippen LogP contribution in [-0.4, -0.2) is 74.2 Å². The number of hydrogen-bond acceptors (Lipinski definition) is 13. The highest BCUT2D eigenvalue weighted by Crippen LogP contribution is 2.51. The van der Waals surface area contributed by atoms with Crippen molar-refractivity contribution in [2.45, 2.75) is 57.0 Å². The first kappa shape index (κ1) is 30.2. The van der Waals surface area contributed by atoms with Crippen molar-refractivity contribution in [3.63, 3.8) is 0 Å². The van der Waals surface area contributed by atoms with Crippen molar-refractivity contribution in [2.75, 3.05) is 19.0 Å². The largest absolute Gasteiger partial charge is 0.530 e. The molecule has 1 aliphatic heterocycles. The first-order valence-electron chi connectivity index (χ1n) is 11.6. The van der Waals surface area contributed by atoms with Gasteiger partial charge in [-0.15, -0.1) is 0 Å². The third-order valence-electron chi connectivity index (χ3n) is 5.12. The molecule has 1 fully saturated rings. The van der Waals surface area contributed by atoms with E-state index in [1.54, 1.807) is 32.0 Å². The lowest BCUT2D eigenvalue weighted by Crippen LogP contribution is -2.48. The van der Waals surface area contributed by atoms with Crippen LogP contribution in [0.5, 0.6) is 5.75 Å². The highest BCUT2D eigenvalue weighted by atomic mass is 31.2. The molecule has 14 nitrogen and oxygen atoms in total. The van der Waals surface area contributed by atoms with Crippen LogP contribution in [-0.2, 0) is 27.9 Å². The molecular formula is C23H28FN4O10P. The van der Waals surface area contributed by atoms with Crippen LogP contribution in [0.4, 0.5) is 10.2 Å². The van der Waals surface area contributed by atoms with E-state index < -0.39 is 69.0 Å². The summed E-state index contributed by atoms with van der Waals surface area (Å²) >= 11 is 0. The molecule has 1 aliphatic rings. The second-order valence-corrected chi connectivity index (χ2v) is 10.1. The van der Waals surface area contributed by atoms with Crippen LogP contribution in [0.15, 0.2) is 41.3 Å². The number of esters is 1. The molecular weight excluding hydrogens is 542 g/mol. The summed E-state index contributed by atoms with van der Waals surface area (Å²) in [4.78, 5) is 28.1. The molecule has 212 valence electrons. The Bertz CT molecular complexity index is 1320. The normalized spacial score (nSPS) is 24.8. The van der Waals surface area contributed by atoms with Crippen molar-refractivity contribution >= 4 is 19.6 Å². The molecule has 4 N–H and O–H groups in total. The van der Waals surface area contributed by atoms with Gasteiger partial charge in [0.1, 0.15) is 30.4 Å². The maximum absolute atomic E-state index is 13.6. The van der Waals surface area contributed by atoms with Crippen LogP contribution in [0, 0.1) is 11.8 Å². The zero-order chi connectivity index (χ0) is 28.8. The van der Waals surface area contributed by atoms with Gasteiger partial charge >= 0.3 is 19.5 Å². The molecule has 39 heavy (non-hydrogen) atoms. The lowest BCUT2D eigenvalue weighted by atomic mass is 9.95.